The van der Waals surface area contributed by atoms with Crippen LogP contribution in [0.1, 0.15) is 19.4 Å². The molecule has 0 aliphatic rings. The standard InChI is InChI=1S/C15H18N2O3/c1-4-15(2,3)17-14(20)16-12(13(18)19)10-11-8-6-5-7-9-11/h1,5-9,12H,10H2,2-3H3,(H,18,19)(H2,16,17,20)/t12-/m1/s1. The van der Waals surface area contributed by atoms with Crippen LogP contribution in [0.25, 0.3) is 0 Å². The average molecular weight is 274 g/mol. The predicted octanol–water partition coefficient (Wildman–Crippen LogP) is 1.39. The van der Waals surface area contributed by atoms with Crippen LogP contribution in [0.2, 0.25) is 0 Å². The minimum absolute atomic E-state index is 0.208. The molecule has 1 aromatic rings. The number of carbonyl (C=O) groups is 2. The van der Waals surface area contributed by atoms with Crippen molar-refractivity contribution in [3.8, 4) is 12.3 Å². The maximum absolute atomic E-state index is 11.7. The Bertz CT molecular complexity index is 518. The Labute approximate surface area is 118 Å². The second-order valence-corrected chi connectivity index (χ2v) is 4.95. The summed E-state index contributed by atoms with van der Waals surface area (Å²) in [7, 11) is 0. The molecular weight excluding hydrogens is 256 g/mol. The molecule has 2 amide bonds. The van der Waals surface area contributed by atoms with Gasteiger partial charge in [-0.3, -0.25) is 0 Å². The van der Waals surface area contributed by atoms with Gasteiger partial charge < -0.3 is 15.7 Å². The highest BCUT2D eigenvalue weighted by atomic mass is 16.4. The molecule has 0 radical (unpaired) electrons. The van der Waals surface area contributed by atoms with Crippen molar-refractivity contribution in [1.82, 2.24) is 10.6 Å². The second kappa shape index (κ2) is 6.62. The van der Waals surface area contributed by atoms with Gasteiger partial charge in [-0.15, -0.1) is 6.42 Å². The normalized spacial score (nSPS) is 12.1. The minimum atomic E-state index is -1.09. The van der Waals surface area contributed by atoms with Crippen LogP contribution >= 0.6 is 0 Å². The molecule has 1 atom stereocenters. The molecule has 1 rings (SSSR count). The van der Waals surface area contributed by atoms with E-state index in [9.17, 15) is 9.59 Å². The van der Waals surface area contributed by atoms with E-state index in [-0.39, 0.29) is 6.42 Å². The van der Waals surface area contributed by atoms with E-state index in [0.29, 0.717) is 0 Å². The SMILES string of the molecule is C#CC(C)(C)NC(=O)N[C@H](Cc1ccccc1)C(=O)O. The van der Waals surface area contributed by atoms with E-state index in [1.165, 1.54) is 0 Å². The number of nitrogens with one attached hydrogen (secondary N) is 2. The highest BCUT2D eigenvalue weighted by molar-refractivity contribution is 5.83. The van der Waals surface area contributed by atoms with Gasteiger partial charge in [-0.1, -0.05) is 36.3 Å². The predicted molar refractivity (Wildman–Crippen MR) is 76.1 cm³/mol. The number of hydrogen-bond donors (Lipinski definition) is 3. The Kier molecular flexibility index (Phi) is 5.15. The van der Waals surface area contributed by atoms with Gasteiger partial charge in [-0.05, 0) is 19.4 Å². The number of terminal acetylenes is 1. The van der Waals surface area contributed by atoms with Crippen LogP contribution < -0.4 is 10.6 Å². The first-order valence-corrected chi connectivity index (χ1v) is 6.17. The molecule has 0 fully saturated rings. The van der Waals surface area contributed by atoms with Crippen LogP contribution in [0, 0.1) is 12.3 Å². The summed E-state index contributed by atoms with van der Waals surface area (Å²) in [4.78, 5) is 22.9. The van der Waals surface area contributed by atoms with Gasteiger partial charge in [0.25, 0.3) is 0 Å². The average Bonchev–Trinajstić information content (AvgIpc) is 2.38. The highest BCUT2D eigenvalue weighted by Gasteiger charge is 2.23. The summed E-state index contributed by atoms with van der Waals surface area (Å²) in [5, 5.41) is 14.1. The summed E-state index contributed by atoms with van der Waals surface area (Å²) in [5.41, 5.74) is -0.00344. The Morgan fingerprint density at radius 1 is 1.35 bits per heavy atom. The molecule has 0 unspecified atom stereocenters. The molecule has 0 saturated heterocycles. The molecule has 5 heteroatoms. The van der Waals surface area contributed by atoms with Crippen LogP contribution in [0.5, 0.6) is 0 Å². The van der Waals surface area contributed by atoms with E-state index < -0.39 is 23.6 Å². The molecule has 0 saturated carbocycles. The Hall–Kier alpha value is -2.48. The highest BCUT2D eigenvalue weighted by Crippen LogP contribution is 2.04. The first-order chi connectivity index (χ1) is 9.34. The lowest BCUT2D eigenvalue weighted by atomic mass is 10.1. The molecule has 0 heterocycles. The van der Waals surface area contributed by atoms with Crippen LogP contribution in [-0.2, 0) is 11.2 Å². The van der Waals surface area contributed by atoms with Crippen molar-refractivity contribution in [2.75, 3.05) is 0 Å². The monoisotopic (exact) mass is 274 g/mol. The molecule has 0 aromatic heterocycles. The summed E-state index contributed by atoms with van der Waals surface area (Å²) in [6.45, 7) is 3.30. The van der Waals surface area contributed by atoms with E-state index in [1.807, 2.05) is 18.2 Å². The largest absolute Gasteiger partial charge is 0.480 e. The number of aliphatic carboxylic acids is 1. The second-order valence-electron chi connectivity index (χ2n) is 4.95. The van der Waals surface area contributed by atoms with E-state index in [2.05, 4.69) is 16.6 Å². The summed E-state index contributed by atoms with van der Waals surface area (Å²) in [6, 6.07) is 7.48. The number of rotatable bonds is 5. The van der Waals surface area contributed by atoms with Crippen LogP contribution in [-0.4, -0.2) is 28.7 Å². The number of carbonyl (C=O) groups excluding carboxylic acids is 1. The molecular formula is C15H18N2O3. The third kappa shape index (κ3) is 5.02. The summed E-state index contributed by atoms with van der Waals surface area (Å²) < 4.78 is 0. The third-order valence-electron chi connectivity index (χ3n) is 2.67. The van der Waals surface area contributed by atoms with Crippen molar-refractivity contribution in [2.45, 2.75) is 31.8 Å². The summed E-state index contributed by atoms with van der Waals surface area (Å²) in [6.07, 6.45) is 5.47. The van der Waals surface area contributed by atoms with Crippen LogP contribution in [0.4, 0.5) is 4.79 Å². The molecule has 0 spiro atoms. The fourth-order valence-corrected chi connectivity index (χ4v) is 1.56. The van der Waals surface area contributed by atoms with Crippen molar-refractivity contribution < 1.29 is 14.7 Å². The maximum Gasteiger partial charge on any atom is 0.326 e. The zero-order chi connectivity index (χ0) is 15.2. The van der Waals surface area contributed by atoms with Gasteiger partial charge in [0.05, 0.1) is 5.54 Å². The quantitative estimate of drug-likeness (QED) is 0.710. The molecule has 0 aliphatic heterocycles. The number of amides is 2. The zero-order valence-electron chi connectivity index (χ0n) is 11.5. The van der Waals surface area contributed by atoms with Gasteiger partial charge in [-0.25, -0.2) is 9.59 Å². The number of benzene rings is 1. The molecule has 0 aliphatic carbocycles. The van der Waals surface area contributed by atoms with Gasteiger partial charge in [0.2, 0.25) is 0 Å². The van der Waals surface area contributed by atoms with Crippen LogP contribution in [0.15, 0.2) is 30.3 Å². The van der Waals surface area contributed by atoms with Gasteiger partial charge >= 0.3 is 12.0 Å². The fourth-order valence-electron chi connectivity index (χ4n) is 1.56. The van der Waals surface area contributed by atoms with Crippen molar-refractivity contribution in [3.05, 3.63) is 35.9 Å². The Morgan fingerprint density at radius 2 is 1.95 bits per heavy atom. The maximum atomic E-state index is 11.7. The third-order valence-corrected chi connectivity index (χ3v) is 2.67. The first-order valence-electron chi connectivity index (χ1n) is 6.17. The molecule has 106 valence electrons. The number of urea groups is 1. The molecule has 20 heavy (non-hydrogen) atoms. The topological polar surface area (TPSA) is 78.4 Å². The van der Waals surface area contributed by atoms with Gasteiger partial charge in [0.15, 0.2) is 0 Å². The number of carboxylic acid groups (broad SMARTS) is 1. The lowest BCUT2D eigenvalue weighted by Gasteiger charge is -2.22. The summed E-state index contributed by atoms with van der Waals surface area (Å²) in [5.74, 6) is 1.31. The van der Waals surface area contributed by atoms with E-state index in [0.717, 1.165) is 5.56 Å². The number of carboxylic acids is 1. The van der Waals surface area contributed by atoms with E-state index >= 15 is 0 Å². The Morgan fingerprint density at radius 3 is 2.45 bits per heavy atom. The zero-order valence-corrected chi connectivity index (χ0v) is 11.5. The summed E-state index contributed by atoms with van der Waals surface area (Å²) >= 11 is 0. The number of hydrogen-bond acceptors (Lipinski definition) is 2. The lowest BCUT2D eigenvalue weighted by Crippen LogP contribution is -2.52. The molecule has 1 aromatic carbocycles. The first kappa shape index (κ1) is 15.6. The van der Waals surface area contributed by atoms with Gasteiger partial charge in [0.1, 0.15) is 6.04 Å². The van der Waals surface area contributed by atoms with Crippen molar-refractivity contribution in [2.24, 2.45) is 0 Å². The van der Waals surface area contributed by atoms with Gasteiger partial charge in [0, 0.05) is 6.42 Å². The van der Waals surface area contributed by atoms with Crippen molar-refractivity contribution in [3.63, 3.8) is 0 Å². The van der Waals surface area contributed by atoms with Crippen molar-refractivity contribution >= 4 is 12.0 Å². The van der Waals surface area contributed by atoms with Crippen LogP contribution in [0.3, 0.4) is 0 Å². The smallest absolute Gasteiger partial charge is 0.326 e. The van der Waals surface area contributed by atoms with E-state index in [1.54, 1.807) is 26.0 Å². The van der Waals surface area contributed by atoms with Crippen molar-refractivity contribution in [1.29, 1.82) is 0 Å². The fraction of sp³-hybridized carbons (Fsp3) is 0.333. The van der Waals surface area contributed by atoms with Gasteiger partial charge in [-0.2, -0.15) is 0 Å². The lowest BCUT2D eigenvalue weighted by molar-refractivity contribution is -0.139. The molecule has 5 nitrogen and oxygen atoms in total. The molecule has 3 N–H and O–H groups in total. The minimum Gasteiger partial charge on any atom is -0.480 e. The Balaban J connectivity index is 2.67. The molecule has 0 bridgehead atoms. The van der Waals surface area contributed by atoms with E-state index in [4.69, 9.17) is 11.5 Å².